The maximum atomic E-state index is 13.1. The van der Waals surface area contributed by atoms with Crippen LogP contribution in [0.4, 0.5) is 0 Å². The second-order valence-electron chi connectivity index (χ2n) is 8.17. The highest BCUT2D eigenvalue weighted by atomic mass is 16.5. The number of Topliss-reactive ketones (excluding diaryl/α,β-unsaturated/α-hetero) is 1. The molecule has 2 N–H and O–H groups in total. The van der Waals surface area contributed by atoms with Gasteiger partial charge in [0.25, 0.3) is 0 Å². The predicted octanol–water partition coefficient (Wildman–Crippen LogP) is 3.79. The molecule has 5 heteroatoms. The van der Waals surface area contributed by atoms with E-state index < -0.39 is 11.9 Å². The highest BCUT2D eigenvalue weighted by Crippen LogP contribution is 2.48. The number of benzene rings is 1. The number of rotatable bonds is 3. The lowest BCUT2D eigenvalue weighted by molar-refractivity contribution is -0.139. The molecule has 3 rings (SSSR count). The van der Waals surface area contributed by atoms with Crippen molar-refractivity contribution >= 4 is 11.8 Å². The van der Waals surface area contributed by atoms with Gasteiger partial charge in [0.05, 0.1) is 12.5 Å². The van der Waals surface area contributed by atoms with Gasteiger partial charge in [-0.3, -0.25) is 4.79 Å². The fourth-order valence-electron chi connectivity index (χ4n) is 4.05. The number of aryl methyl sites for hydroxylation is 2. The molecule has 1 aromatic carbocycles. The number of ether oxygens (including phenoxy) is 2. The first-order valence-corrected chi connectivity index (χ1v) is 9.32. The number of hydrogen-bond donors (Lipinski definition) is 1. The van der Waals surface area contributed by atoms with Gasteiger partial charge in [-0.05, 0) is 37.3 Å². The number of carbonyl (C=O) groups excluding carboxylic acids is 2. The van der Waals surface area contributed by atoms with Gasteiger partial charge >= 0.3 is 5.97 Å². The summed E-state index contributed by atoms with van der Waals surface area (Å²) in [5.74, 6) is -0.490. The number of nitrogens with two attached hydrogens (primary N) is 1. The van der Waals surface area contributed by atoms with Gasteiger partial charge in [0.2, 0.25) is 5.88 Å². The van der Waals surface area contributed by atoms with Crippen molar-refractivity contribution < 1.29 is 19.1 Å². The first-order chi connectivity index (χ1) is 12.6. The van der Waals surface area contributed by atoms with E-state index >= 15 is 0 Å². The zero-order chi connectivity index (χ0) is 19.9. The first kappa shape index (κ1) is 19.2. The Balaban J connectivity index is 2.22. The van der Waals surface area contributed by atoms with Crippen LogP contribution in [0.3, 0.4) is 0 Å². The van der Waals surface area contributed by atoms with Crippen LogP contribution in [0, 0.1) is 19.3 Å². The summed E-state index contributed by atoms with van der Waals surface area (Å²) in [6.45, 7) is 10.0. The van der Waals surface area contributed by atoms with Gasteiger partial charge in [-0.25, -0.2) is 4.79 Å². The van der Waals surface area contributed by atoms with Crippen LogP contribution in [0.5, 0.6) is 0 Å². The summed E-state index contributed by atoms with van der Waals surface area (Å²) in [5.41, 5.74) is 9.72. The Hall–Kier alpha value is -2.56. The van der Waals surface area contributed by atoms with Gasteiger partial charge < -0.3 is 15.2 Å². The molecule has 0 bridgehead atoms. The van der Waals surface area contributed by atoms with E-state index in [-0.39, 0.29) is 29.3 Å². The Morgan fingerprint density at radius 1 is 1.30 bits per heavy atom. The smallest absolute Gasteiger partial charge is 0.340 e. The summed E-state index contributed by atoms with van der Waals surface area (Å²) in [5, 5.41) is 0. The standard InChI is InChI=1S/C22H27NO4/c1-6-26-21(25)19-17(14-8-7-12(2)9-13(14)3)18-15(24)10-22(4,5)11-16(18)27-20(19)23/h7-9,17H,6,10-11,23H2,1-5H3/t17-/m0/s1. The van der Waals surface area contributed by atoms with E-state index in [2.05, 4.69) is 0 Å². The Kier molecular flexibility index (Phi) is 4.89. The molecule has 0 saturated carbocycles. The molecular formula is C22H27NO4. The maximum absolute atomic E-state index is 13.1. The summed E-state index contributed by atoms with van der Waals surface area (Å²) in [6, 6.07) is 5.99. The SMILES string of the molecule is CCOC(=O)C1=C(N)OC2=C(C(=O)CC(C)(C)C2)[C@@H]1c1ccc(C)cc1C. The summed E-state index contributed by atoms with van der Waals surface area (Å²) in [6.07, 6.45) is 1.01. The molecule has 0 aromatic heterocycles. The molecule has 0 saturated heterocycles. The number of esters is 1. The summed E-state index contributed by atoms with van der Waals surface area (Å²) in [7, 11) is 0. The van der Waals surface area contributed by atoms with Crippen LogP contribution < -0.4 is 5.73 Å². The van der Waals surface area contributed by atoms with E-state index in [9.17, 15) is 9.59 Å². The number of allylic oxidation sites excluding steroid dienone is 2. The minimum Gasteiger partial charge on any atom is -0.462 e. The zero-order valence-corrected chi connectivity index (χ0v) is 16.6. The zero-order valence-electron chi connectivity index (χ0n) is 16.6. The van der Waals surface area contributed by atoms with E-state index in [1.54, 1.807) is 6.92 Å². The van der Waals surface area contributed by atoms with Crippen molar-refractivity contribution in [1.29, 1.82) is 0 Å². The normalized spacial score (nSPS) is 21.7. The van der Waals surface area contributed by atoms with E-state index in [1.807, 2.05) is 45.9 Å². The molecule has 0 radical (unpaired) electrons. The minimum atomic E-state index is -0.558. The third-order valence-corrected chi connectivity index (χ3v) is 5.19. The highest BCUT2D eigenvalue weighted by Gasteiger charge is 2.45. The second-order valence-corrected chi connectivity index (χ2v) is 8.17. The molecule has 1 aliphatic heterocycles. The molecule has 1 heterocycles. The third kappa shape index (κ3) is 3.51. The summed E-state index contributed by atoms with van der Waals surface area (Å²) in [4.78, 5) is 25.8. The van der Waals surface area contributed by atoms with Crippen LogP contribution in [-0.2, 0) is 19.1 Å². The lowest BCUT2D eigenvalue weighted by Gasteiger charge is -2.38. The van der Waals surface area contributed by atoms with E-state index in [0.29, 0.717) is 24.2 Å². The van der Waals surface area contributed by atoms with Gasteiger partial charge in [-0.2, -0.15) is 0 Å². The molecular weight excluding hydrogens is 342 g/mol. The van der Waals surface area contributed by atoms with Gasteiger partial charge in [-0.15, -0.1) is 0 Å². The molecule has 5 nitrogen and oxygen atoms in total. The van der Waals surface area contributed by atoms with Crippen LogP contribution in [0.15, 0.2) is 41.0 Å². The van der Waals surface area contributed by atoms with Crippen LogP contribution in [0.1, 0.15) is 56.2 Å². The van der Waals surface area contributed by atoms with Crippen molar-refractivity contribution in [2.75, 3.05) is 6.61 Å². The Bertz CT molecular complexity index is 876. The largest absolute Gasteiger partial charge is 0.462 e. The summed E-state index contributed by atoms with van der Waals surface area (Å²) < 4.78 is 11.0. The van der Waals surface area contributed by atoms with E-state index in [1.165, 1.54) is 0 Å². The van der Waals surface area contributed by atoms with Crippen molar-refractivity contribution in [2.45, 2.75) is 53.4 Å². The van der Waals surface area contributed by atoms with Gasteiger partial charge in [0.15, 0.2) is 5.78 Å². The third-order valence-electron chi connectivity index (χ3n) is 5.19. The lowest BCUT2D eigenvalue weighted by atomic mass is 9.69. The first-order valence-electron chi connectivity index (χ1n) is 9.32. The van der Waals surface area contributed by atoms with Gasteiger partial charge in [-0.1, -0.05) is 37.6 Å². The number of ketones is 1. The van der Waals surface area contributed by atoms with E-state index in [4.69, 9.17) is 15.2 Å². The molecule has 1 atom stereocenters. The minimum absolute atomic E-state index is 0.000485. The van der Waals surface area contributed by atoms with Crippen molar-refractivity contribution in [3.8, 4) is 0 Å². The molecule has 2 aliphatic rings. The molecule has 144 valence electrons. The van der Waals surface area contributed by atoms with Crippen LogP contribution in [-0.4, -0.2) is 18.4 Å². The van der Waals surface area contributed by atoms with Crippen molar-refractivity contribution in [3.05, 3.63) is 57.7 Å². The quantitative estimate of drug-likeness (QED) is 0.820. The topological polar surface area (TPSA) is 78.6 Å². The highest BCUT2D eigenvalue weighted by molar-refractivity contribution is 6.03. The number of hydrogen-bond acceptors (Lipinski definition) is 5. The molecule has 0 fully saturated rings. The van der Waals surface area contributed by atoms with Gasteiger partial charge in [0, 0.05) is 18.4 Å². The fourth-order valence-corrected chi connectivity index (χ4v) is 4.05. The molecule has 1 aliphatic carbocycles. The average molecular weight is 369 g/mol. The molecule has 0 spiro atoms. The number of carbonyl (C=O) groups is 2. The Labute approximate surface area is 160 Å². The predicted molar refractivity (Wildman–Crippen MR) is 103 cm³/mol. The van der Waals surface area contributed by atoms with Crippen molar-refractivity contribution in [2.24, 2.45) is 11.1 Å². The monoisotopic (exact) mass is 369 g/mol. The lowest BCUT2D eigenvalue weighted by Crippen LogP contribution is -2.36. The molecule has 0 amide bonds. The van der Waals surface area contributed by atoms with Crippen LogP contribution >= 0.6 is 0 Å². The molecule has 0 unspecified atom stereocenters. The Morgan fingerprint density at radius 3 is 2.63 bits per heavy atom. The molecule has 1 aromatic rings. The maximum Gasteiger partial charge on any atom is 0.340 e. The van der Waals surface area contributed by atoms with Crippen molar-refractivity contribution in [3.63, 3.8) is 0 Å². The second kappa shape index (κ2) is 6.87. The average Bonchev–Trinajstić information content (AvgIpc) is 2.52. The van der Waals surface area contributed by atoms with Gasteiger partial charge in [0.1, 0.15) is 11.3 Å². The van der Waals surface area contributed by atoms with Crippen molar-refractivity contribution in [1.82, 2.24) is 0 Å². The van der Waals surface area contributed by atoms with E-state index in [0.717, 1.165) is 16.7 Å². The van der Waals surface area contributed by atoms with Crippen LogP contribution in [0.25, 0.3) is 0 Å². The van der Waals surface area contributed by atoms with Crippen LogP contribution in [0.2, 0.25) is 0 Å². The Morgan fingerprint density at radius 2 is 2.00 bits per heavy atom. The fraction of sp³-hybridized carbons (Fsp3) is 0.455. The molecule has 27 heavy (non-hydrogen) atoms. The summed E-state index contributed by atoms with van der Waals surface area (Å²) >= 11 is 0.